The van der Waals surface area contributed by atoms with Gasteiger partial charge in [0.25, 0.3) is 0 Å². The van der Waals surface area contributed by atoms with Gasteiger partial charge in [-0.3, -0.25) is 0 Å². The van der Waals surface area contributed by atoms with Crippen molar-refractivity contribution >= 4 is 0 Å². The van der Waals surface area contributed by atoms with Crippen LogP contribution in [0.1, 0.15) is 17.5 Å². The van der Waals surface area contributed by atoms with Crippen molar-refractivity contribution < 1.29 is 9.15 Å². The summed E-state index contributed by atoms with van der Waals surface area (Å²) in [6.07, 6.45) is 3.99. The van der Waals surface area contributed by atoms with E-state index in [-0.39, 0.29) is 0 Å². The molecule has 1 heterocycles. The number of benzene rings is 1. The fourth-order valence-electron chi connectivity index (χ4n) is 1.39. The Morgan fingerprint density at radius 3 is 2.76 bits per heavy atom. The van der Waals surface area contributed by atoms with E-state index in [1.165, 1.54) is 5.56 Å². The molecular weight excluding hydrogens is 212 g/mol. The first-order chi connectivity index (χ1) is 8.45. The fourth-order valence-corrected chi connectivity index (χ4v) is 1.39. The molecule has 0 spiro atoms. The van der Waals surface area contributed by atoms with Crippen molar-refractivity contribution in [2.75, 3.05) is 6.61 Å². The van der Waals surface area contributed by atoms with E-state index in [1.54, 1.807) is 12.5 Å². The van der Waals surface area contributed by atoms with Gasteiger partial charge in [0.2, 0.25) is 0 Å². The molecule has 1 aromatic carbocycles. The Bertz CT molecular complexity index is 475. The predicted molar refractivity (Wildman–Crippen MR) is 66.3 cm³/mol. The highest BCUT2D eigenvalue weighted by Crippen LogP contribution is 2.00. The molecule has 0 aliphatic carbocycles. The largest absolute Gasteiger partial charge is 0.471 e. The standard InChI is InChI=1S/C15H14O2/c1-2-6-14(7-3-1)12-16-10-5-4-8-15-9-11-17-13-15/h1-3,6-7,9,11,13H,5,10,12H2. The molecule has 2 heteroatoms. The first kappa shape index (κ1) is 11.5. The normalized spacial score (nSPS) is 9.65. The summed E-state index contributed by atoms with van der Waals surface area (Å²) >= 11 is 0. The Balaban J connectivity index is 1.64. The average molecular weight is 226 g/mol. The highest BCUT2D eigenvalue weighted by atomic mass is 16.5. The Hall–Kier alpha value is -1.98. The van der Waals surface area contributed by atoms with Crippen molar-refractivity contribution in [3.63, 3.8) is 0 Å². The minimum atomic E-state index is 0.647. The molecule has 0 fully saturated rings. The lowest BCUT2D eigenvalue weighted by Crippen LogP contribution is -1.93. The molecule has 0 amide bonds. The van der Waals surface area contributed by atoms with Gasteiger partial charge in [0.1, 0.15) is 6.26 Å². The van der Waals surface area contributed by atoms with Crippen LogP contribution in [-0.4, -0.2) is 6.61 Å². The molecular formula is C15H14O2. The minimum Gasteiger partial charge on any atom is -0.471 e. The molecule has 0 N–H and O–H groups in total. The minimum absolute atomic E-state index is 0.647. The summed E-state index contributed by atoms with van der Waals surface area (Å²) in [5.41, 5.74) is 2.10. The van der Waals surface area contributed by atoms with Crippen molar-refractivity contribution in [1.29, 1.82) is 0 Å². The first-order valence-corrected chi connectivity index (χ1v) is 5.58. The summed E-state index contributed by atoms with van der Waals surface area (Å²) in [6, 6.07) is 12.0. The number of hydrogen-bond donors (Lipinski definition) is 0. The zero-order chi connectivity index (χ0) is 11.8. The number of ether oxygens (including phenoxy) is 1. The van der Waals surface area contributed by atoms with Crippen LogP contribution in [0.2, 0.25) is 0 Å². The fraction of sp³-hybridized carbons (Fsp3) is 0.200. The van der Waals surface area contributed by atoms with Crippen molar-refractivity contribution in [2.45, 2.75) is 13.0 Å². The second-order valence-corrected chi connectivity index (χ2v) is 3.60. The summed E-state index contributed by atoms with van der Waals surface area (Å²) in [7, 11) is 0. The quantitative estimate of drug-likeness (QED) is 0.590. The second-order valence-electron chi connectivity index (χ2n) is 3.60. The van der Waals surface area contributed by atoms with E-state index in [4.69, 9.17) is 9.15 Å². The van der Waals surface area contributed by atoms with Crippen molar-refractivity contribution in [3.05, 3.63) is 60.1 Å². The van der Waals surface area contributed by atoms with Crippen LogP contribution < -0.4 is 0 Å². The van der Waals surface area contributed by atoms with Crippen molar-refractivity contribution in [3.8, 4) is 11.8 Å². The van der Waals surface area contributed by atoms with Crippen molar-refractivity contribution in [1.82, 2.24) is 0 Å². The van der Waals surface area contributed by atoms with Gasteiger partial charge in [-0.25, -0.2) is 0 Å². The summed E-state index contributed by atoms with van der Waals surface area (Å²) in [4.78, 5) is 0. The molecule has 1 aromatic heterocycles. The molecule has 86 valence electrons. The lowest BCUT2D eigenvalue weighted by Gasteiger charge is -2.00. The molecule has 0 bridgehead atoms. The highest BCUT2D eigenvalue weighted by Gasteiger charge is 1.90. The summed E-state index contributed by atoms with van der Waals surface area (Å²) in [5, 5.41) is 0. The molecule has 0 saturated heterocycles. The maximum absolute atomic E-state index is 5.51. The molecule has 2 rings (SSSR count). The summed E-state index contributed by atoms with van der Waals surface area (Å²) < 4.78 is 10.4. The second kappa shape index (κ2) is 6.57. The van der Waals surface area contributed by atoms with Crippen LogP contribution in [0.25, 0.3) is 0 Å². The van der Waals surface area contributed by atoms with E-state index in [2.05, 4.69) is 24.0 Å². The van der Waals surface area contributed by atoms with Gasteiger partial charge in [-0.05, 0) is 11.6 Å². The van der Waals surface area contributed by atoms with Gasteiger partial charge in [0.05, 0.1) is 25.0 Å². The van der Waals surface area contributed by atoms with Gasteiger partial charge in [-0.1, -0.05) is 42.2 Å². The highest BCUT2D eigenvalue weighted by molar-refractivity contribution is 5.29. The van der Waals surface area contributed by atoms with Gasteiger partial charge in [-0.2, -0.15) is 0 Å². The van der Waals surface area contributed by atoms with E-state index < -0.39 is 0 Å². The average Bonchev–Trinajstić information content (AvgIpc) is 2.88. The number of furan rings is 1. The van der Waals surface area contributed by atoms with E-state index >= 15 is 0 Å². The Labute approximate surface area is 101 Å². The molecule has 0 radical (unpaired) electrons. The third-order valence-corrected chi connectivity index (χ3v) is 2.24. The molecule has 0 atom stereocenters. The van der Waals surface area contributed by atoms with Gasteiger partial charge in [0, 0.05) is 6.42 Å². The maximum Gasteiger partial charge on any atom is 0.106 e. The third kappa shape index (κ3) is 4.18. The Morgan fingerprint density at radius 1 is 1.12 bits per heavy atom. The smallest absolute Gasteiger partial charge is 0.106 e. The lowest BCUT2D eigenvalue weighted by atomic mass is 10.2. The van der Waals surface area contributed by atoms with Crippen LogP contribution >= 0.6 is 0 Å². The molecule has 17 heavy (non-hydrogen) atoms. The van der Waals surface area contributed by atoms with Gasteiger partial charge < -0.3 is 9.15 Å². The molecule has 0 saturated carbocycles. The van der Waals surface area contributed by atoms with Crippen LogP contribution in [0, 0.1) is 11.8 Å². The zero-order valence-electron chi connectivity index (χ0n) is 9.56. The van der Waals surface area contributed by atoms with Gasteiger partial charge >= 0.3 is 0 Å². The van der Waals surface area contributed by atoms with E-state index in [0.717, 1.165) is 12.0 Å². The molecule has 0 unspecified atom stereocenters. The van der Waals surface area contributed by atoms with Crippen LogP contribution in [-0.2, 0) is 11.3 Å². The van der Waals surface area contributed by atoms with E-state index in [1.807, 2.05) is 24.3 Å². The van der Waals surface area contributed by atoms with E-state index in [0.29, 0.717) is 13.2 Å². The van der Waals surface area contributed by atoms with E-state index in [9.17, 15) is 0 Å². The zero-order valence-corrected chi connectivity index (χ0v) is 9.56. The van der Waals surface area contributed by atoms with Crippen LogP contribution in [0.3, 0.4) is 0 Å². The number of hydrogen-bond acceptors (Lipinski definition) is 2. The van der Waals surface area contributed by atoms with Crippen LogP contribution in [0.4, 0.5) is 0 Å². The maximum atomic E-state index is 5.51. The lowest BCUT2D eigenvalue weighted by molar-refractivity contribution is 0.126. The molecule has 2 nitrogen and oxygen atoms in total. The molecule has 0 aliphatic heterocycles. The third-order valence-electron chi connectivity index (χ3n) is 2.24. The van der Waals surface area contributed by atoms with Gasteiger partial charge in [0.15, 0.2) is 0 Å². The number of rotatable bonds is 4. The SMILES string of the molecule is C(#Cc1ccoc1)CCOCc1ccccc1. The predicted octanol–water partition coefficient (Wildman–Crippen LogP) is 3.24. The first-order valence-electron chi connectivity index (χ1n) is 5.58. The topological polar surface area (TPSA) is 22.4 Å². The summed E-state index contributed by atoms with van der Waals surface area (Å²) in [6.45, 7) is 1.30. The Morgan fingerprint density at radius 2 is 2.00 bits per heavy atom. The van der Waals surface area contributed by atoms with Gasteiger partial charge in [-0.15, -0.1) is 0 Å². The Kier molecular flexibility index (Phi) is 4.45. The van der Waals surface area contributed by atoms with Crippen LogP contribution in [0.5, 0.6) is 0 Å². The molecule has 2 aromatic rings. The van der Waals surface area contributed by atoms with Crippen LogP contribution in [0.15, 0.2) is 53.3 Å². The van der Waals surface area contributed by atoms with Crippen molar-refractivity contribution in [2.24, 2.45) is 0 Å². The molecule has 0 aliphatic rings. The summed E-state index contributed by atoms with van der Waals surface area (Å²) in [5.74, 6) is 6.04. The monoisotopic (exact) mass is 226 g/mol.